The molecule has 3 heterocycles. The van der Waals surface area contributed by atoms with Crippen LogP contribution in [0, 0.1) is 11.7 Å². The highest BCUT2D eigenvalue weighted by atomic mass is 32.2. The lowest BCUT2D eigenvalue weighted by molar-refractivity contribution is 0.232. The van der Waals surface area contributed by atoms with E-state index in [0.717, 1.165) is 29.7 Å². The molecule has 0 aliphatic carbocycles. The Labute approximate surface area is 133 Å². The molecule has 4 rings (SSSR count). The largest absolute Gasteiger partial charge is 0.323 e. The zero-order valence-electron chi connectivity index (χ0n) is 12.4. The summed E-state index contributed by atoms with van der Waals surface area (Å²) in [6.07, 6.45) is 4.95. The number of benzene rings is 1. The molecule has 1 atom stereocenters. The molecule has 1 fully saturated rings. The van der Waals surface area contributed by atoms with Crippen LogP contribution in [0.1, 0.15) is 24.4 Å². The van der Waals surface area contributed by atoms with E-state index in [4.69, 9.17) is 5.14 Å². The predicted molar refractivity (Wildman–Crippen MR) is 83.2 cm³/mol. The molecule has 122 valence electrons. The monoisotopic (exact) mass is 336 g/mol. The van der Waals surface area contributed by atoms with E-state index in [1.54, 1.807) is 18.6 Å². The summed E-state index contributed by atoms with van der Waals surface area (Å²) in [4.78, 5) is 4.19. The quantitative estimate of drug-likeness (QED) is 0.902. The third kappa shape index (κ3) is 2.37. The number of nitrogens with zero attached hydrogens (tertiary/aromatic N) is 3. The van der Waals surface area contributed by atoms with Crippen LogP contribution >= 0.6 is 0 Å². The van der Waals surface area contributed by atoms with Gasteiger partial charge in [-0.15, -0.1) is 0 Å². The van der Waals surface area contributed by atoms with Gasteiger partial charge in [0.25, 0.3) is 10.2 Å². The van der Waals surface area contributed by atoms with Gasteiger partial charge in [0, 0.05) is 18.7 Å². The molecule has 2 aliphatic rings. The SMILES string of the molecule is NS(=O)(=O)N1CCC(C2c3ccc(F)cc3-c3cncn32)CC1. The van der Waals surface area contributed by atoms with Gasteiger partial charge in [0.15, 0.2) is 0 Å². The zero-order valence-corrected chi connectivity index (χ0v) is 13.2. The first-order chi connectivity index (χ1) is 10.9. The number of halogens is 1. The number of hydrogen-bond acceptors (Lipinski definition) is 3. The summed E-state index contributed by atoms with van der Waals surface area (Å²) in [6.45, 7) is 0.834. The van der Waals surface area contributed by atoms with Crippen molar-refractivity contribution in [2.24, 2.45) is 11.1 Å². The lowest BCUT2D eigenvalue weighted by Gasteiger charge is -2.34. The van der Waals surface area contributed by atoms with Gasteiger partial charge in [0.2, 0.25) is 0 Å². The third-order valence-electron chi connectivity index (χ3n) is 4.88. The average Bonchev–Trinajstić information content (AvgIpc) is 3.07. The molecule has 0 amide bonds. The summed E-state index contributed by atoms with van der Waals surface area (Å²) < 4.78 is 39.9. The predicted octanol–water partition coefficient (Wildman–Crippen LogP) is 1.51. The van der Waals surface area contributed by atoms with Crippen molar-refractivity contribution >= 4 is 10.2 Å². The number of piperidine rings is 1. The summed E-state index contributed by atoms with van der Waals surface area (Å²) in [5, 5.41) is 5.20. The molecule has 23 heavy (non-hydrogen) atoms. The van der Waals surface area contributed by atoms with Gasteiger partial charge < -0.3 is 4.57 Å². The molecule has 2 N–H and O–H groups in total. The smallest absolute Gasteiger partial charge is 0.276 e. The Morgan fingerprint density at radius 1 is 1.26 bits per heavy atom. The fourth-order valence-electron chi connectivity index (χ4n) is 3.82. The fraction of sp³-hybridized carbons (Fsp3) is 0.400. The van der Waals surface area contributed by atoms with Crippen molar-refractivity contribution in [3.05, 3.63) is 42.1 Å². The molecule has 1 aromatic heterocycles. The van der Waals surface area contributed by atoms with Crippen molar-refractivity contribution < 1.29 is 12.8 Å². The Morgan fingerprint density at radius 2 is 2.00 bits per heavy atom. The van der Waals surface area contributed by atoms with Crippen LogP contribution in [0.25, 0.3) is 11.3 Å². The van der Waals surface area contributed by atoms with Crippen LogP contribution < -0.4 is 5.14 Å². The minimum absolute atomic E-state index is 0.0747. The lowest BCUT2D eigenvalue weighted by atomic mass is 9.86. The van der Waals surface area contributed by atoms with Gasteiger partial charge >= 0.3 is 0 Å². The van der Waals surface area contributed by atoms with Crippen LogP contribution in [0.2, 0.25) is 0 Å². The Hall–Kier alpha value is -1.77. The van der Waals surface area contributed by atoms with Crippen molar-refractivity contribution in [1.29, 1.82) is 0 Å². The summed E-state index contributed by atoms with van der Waals surface area (Å²) in [6, 6.07) is 4.92. The second-order valence-electron chi connectivity index (χ2n) is 6.14. The average molecular weight is 336 g/mol. The van der Waals surface area contributed by atoms with Crippen molar-refractivity contribution in [2.75, 3.05) is 13.1 Å². The van der Waals surface area contributed by atoms with Crippen LogP contribution in [-0.2, 0) is 10.2 Å². The number of imidazole rings is 1. The Balaban J connectivity index is 1.66. The van der Waals surface area contributed by atoms with E-state index in [0.29, 0.717) is 13.1 Å². The minimum atomic E-state index is -3.62. The van der Waals surface area contributed by atoms with Crippen molar-refractivity contribution in [3.63, 3.8) is 0 Å². The molecule has 1 saturated heterocycles. The molecule has 6 nitrogen and oxygen atoms in total. The van der Waals surface area contributed by atoms with E-state index in [2.05, 4.69) is 9.55 Å². The molecular weight excluding hydrogens is 319 g/mol. The molecule has 1 unspecified atom stereocenters. The molecular formula is C15H17FN4O2S. The third-order valence-corrected chi connectivity index (χ3v) is 5.97. The van der Waals surface area contributed by atoms with Gasteiger partial charge in [0.1, 0.15) is 5.82 Å². The second kappa shape index (κ2) is 5.12. The van der Waals surface area contributed by atoms with Crippen LogP contribution in [-0.4, -0.2) is 35.4 Å². The highest BCUT2D eigenvalue weighted by Crippen LogP contribution is 2.45. The first-order valence-corrected chi connectivity index (χ1v) is 9.05. The summed E-state index contributed by atoms with van der Waals surface area (Å²) in [5.74, 6) is 0.00820. The van der Waals surface area contributed by atoms with Crippen LogP contribution in [0.15, 0.2) is 30.7 Å². The van der Waals surface area contributed by atoms with Gasteiger partial charge in [-0.25, -0.2) is 14.5 Å². The minimum Gasteiger partial charge on any atom is -0.323 e. The van der Waals surface area contributed by atoms with E-state index in [-0.39, 0.29) is 17.8 Å². The number of aromatic nitrogens is 2. The van der Waals surface area contributed by atoms with Crippen molar-refractivity contribution in [3.8, 4) is 11.3 Å². The molecule has 0 bridgehead atoms. The summed E-state index contributed by atoms with van der Waals surface area (Å²) in [7, 11) is -3.62. The first kappa shape index (κ1) is 14.8. The maximum absolute atomic E-state index is 13.6. The van der Waals surface area contributed by atoms with Crippen LogP contribution in [0.5, 0.6) is 0 Å². The van der Waals surface area contributed by atoms with Crippen molar-refractivity contribution in [2.45, 2.75) is 18.9 Å². The molecule has 8 heteroatoms. The van der Waals surface area contributed by atoms with Gasteiger partial charge in [-0.2, -0.15) is 12.7 Å². The van der Waals surface area contributed by atoms with E-state index in [9.17, 15) is 12.8 Å². The van der Waals surface area contributed by atoms with E-state index < -0.39 is 10.2 Å². The maximum Gasteiger partial charge on any atom is 0.276 e. The van der Waals surface area contributed by atoms with E-state index in [1.807, 2.05) is 6.07 Å². The van der Waals surface area contributed by atoms with Gasteiger partial charge in [0.05, 0.1) is 24.3 Å². The highest BCUT2D eigenvalue weighted by molar-refractivity contribution is 7.86. The van der Waals surface area contributed by atoms with E-state index >= 15 is 0 Å². The fourth-order valence-corrected chi connectivity index (χ4v) is 4.54. The Morgan fingerprint density at radius 3 is 2.70 bits per heavy atom. The Kier molecular flexibility index (Phi) is 3.29. The molecule has 0 saturated carbocycles. The van der Waals surface area contributed by atoms with Gasteiger partial charge in [-0.1, -0.05) is 6.07 Å². The summed E-state index contributed by atoms with van der Waals surface area (Å²) in [5.41, 5.74) is 2.87. The van der Waals surface area contributed by atoms with Crippen LogP contribution in [0.4, 0.5) is 4.39 Å². The standard InChI is InChI=1S/C15H17FN4O2S/c16-11-1-2-12-13(7-11)14-8-18-9-20(14)15(12)10-3-5-19(6-4-10)23(17,21)22/h1-2,7-10,15H,3-6H2,(H2,17,21,22). The lowest BCUT2D eigenvalue weighted by Crippen LogP contribution is -2.43. The zero-order chi connectivity index (χ0) is 16.2. The maximum atomic E-state index is 13.6. The van der Waals surface area contributed by atoms with E-state index in [1.165, 1.54) is 10.4 Å². The van der Waals surface area contributed by atoms with Crippen LogP contribution in [0.3, 0.4) is 0 Å². The topological polar surface area (TPSA) is 81.2 Å². The second-order valence-corrected chi connectivity index (χ2v) is 7.69. The molecule has 2 aliphatic heterocycles. The molecule has 0 spiro atoms. The molecule has 0 radical (unpaired) electrons. The number of fused-ring (bicyclic) bond motifs is 3. The normalized spacial score (nSPS) is 22.1. The number of hydrogen-bond donors (Lipinski definition) is 1. The summed E-state index contributed by atoms with van der Waals surface area (Å²) >= 11 is 0. The van der Waals surface area contributed by atoms with Crippen molar-refractivity contribution in [1.82, 2.24) is 13.9 Å². The molecule has 1 aromatic carbocycles. The first-order valence-electron chi connectivity index (χ1n) is 7.54. The number of nitrogens with two attached hydrogens (primary N) is 1. The highest BCUT2D eigenvalue weighted by Gasteiger charge is 2.37. The molecule has 2 aromatic rings. The van der Waals surface area contributed by atoms with Gasteiger partial charge in [-0.05, 0) is 36.5 Å². The van der Waals surface area contributed by atoms with Gasteiger partial charge in [-0.3, -0.25) is 0 Å². The Bertz CT molecular complexity index is 856. The number of rotatable bonds is 2.